The maximum atomic E-state index is 2.41. The van der Waals surface area contributed by atoms with E-state index in [0.29, 0.717) is 0 Å². The fourth-order valence-electron chi connectivity index (χ4n) is 9.54. The Morgan fingerprint density at radius 3 is 0.952 bits per heavy atom. The molecule has 0 saturated heterocycles. The average Bonchev–Trinajstić information content (AvgIpc) is 3.35. The van der Waals surface area contributed by atoms with E-state index >= 15 is 0 Å². The van der Waals surface area contributed by atoms with Gasteiger partial charge in [0.1, 0.15) is 0 Å². The molecule has 0 aliphatic heterocycles. The number of hydrogen-bond donors (Lipinski definition) is 0. The van der Waals surface area contributed by atoms with E-state index < -0.39 is 0 Å². The summed E-state index contributed by atoms with van der Waals surface area (Å²) in [5, 5.41) is 12.5. The minimum absolute atomic E-state index is 1.21. The van der Waals surface area contributed by atoms with Crippen LogP contribution in [-0.4, -0.2) is 0 Å². The Morgan fingerprint density at radius 2 is 0.468 bits per heavy atom. The highest BCUT2D eigenvalue weighted by Gasteiger charge is 2.16. The number of benzene rings is 12. The summed E-state index contributed by atoms with van der Waals surface area (Å²) in [4.78, 5) is 0. The molecule has 12 aromatic rings. The van der Waals surface area contributed by atoms with Gasteiger partial charge in [-0.15, -0.1) is 0 Å². The molecule has 12 aromatic carbocycles. The van der Waals surface area contributed by atoms with Gasteiger partial charge in [-0.25, -0.2) is 0 Å². The van der Waals surface area contributed by atoms with Gasteiger partial charge < -0.3 is 0 Å². The van der Waals surface area contributed by atoms with E-state index in [1.165, 1.54) is 121 Å². The van der Waals surface area contributed by atoms with E-state index in [-0.39, 0.29) is 0 Å². The number of hydrogen-bond acceptors (Lipinski definition) is 0. The summed E-state index contributed by atoms with van der Waals surface area (Å²) in [5.41, 5.74) is 14.7. The summed E-state index contributed by atoms with van der Waals surface area (Å²) in [6.45, 7) is 0. The molecule has 0 amide bonds. The zero-order valence-corrected chi connectivity index (χ0v) is 34.1. The van der Waals surface area contributed by atoms with E-state index in [1.54, 1.807) is 0 Å². The summed E-state index contributed by atoms with van der Waals surface area (Å²) in [5.74, 6) is 0. The van der Waals surface area contributed by atoms with Gasteiger partial charge in [-0.1, -0.05) is 188 Å². The Balaban J connectivity index is 0.963. The Labute approximate surface area is 361 Å². The van der Waals surface area contributed by atoms with Crippen LogP contribution >= 0.6 is 0 Å². The van der Waals surface area contributed by atoms with E-state index in [1.807, 2.05) is 0 Å². The summed E-state index contributed by atoms with van der Waals surface area (Å²) >= 11 is 0. The summed E-state index contributed by atoms with van der Waals surface area (Å²) < 4.78 is 0. The summed E-state index contributed by atoms with van der Waals surface area (Å²) in [6.07, 6.45) is 0. The first-order valence-corrected chi connectivity index (χ1v) is 21.5. The third-order valence-corrected chi connectivity index (χ3v) is 12.8. The average molecular weight is 785 g/mol. The monoisotopic (exact) mass is 784 g/mol. The fourth-order valence-corrected chi connectivity index (χ4v) is 9.54. The highest BCUT2D eigenvalue weighted by atomic mass is 14.2. The zero-order chi connectivity index (χ0) is 41.0. The minimum Gasteiger partial charge on any atom is -0.0622 e. The van der Waals surface area contributed by atoms with Crippen molar-refractivity contribution in [3.63, 3.8) is 0 Å². The van der Waals surface area contributed by atoms with Gasteiger partial charge in [-0.05, 0) is 175 Å². The van der Waals surface area contributed by atoms with Crippen LogP contribution in [0.5, 0.6) is 0 Å². The first-order chi connectivity index (χ1) is 30.7. The molecule has 0 nitrogen and oxygen atoms in total. The largest absolute Gasteiger partial charge is 0.0622 e. The SMILES string of the molecule is c1ccc(-c2ccc3cc(-c4ccc5c(ccc6cc(-c7cc(-c8ccccc8)c8cc(-c9ccc%10ccccc%10c9)cc(-c9ccccc9)c8c7)ccc65)c4)ccc3c2)cc1. The van der Waals surface area contributed by atoms with Crippen molar-refractivity contribution in [2.75, 3.05) is 0 Å². The predicted octanol–water partition coefficient (Wildman–Crippen LogP) is 17.5. The van der Waals surface area contributed by atoms with Gasteiger partial charge in [0.2, 0.25) is 0 Å². The molecule has 0 heteroatoms. The van der Waals surface area contributed by atoms with Crippen LogP contribution in [-0.2, 0) is 0 Å². The van der Waals surface area contributed by atoms with Crippen molar-refractivity contribution < 1.29 is 0 Å². The van der Waals surface area contributed by atoms with Crippen molar-refractivity contribution in [2.45, 2.75) is 0 Å². The van der Waals surface area contributed by atoms with Gasteiger partial charge in [0.05, 0.1) is 0 Å². The van der Waals surface area contributed by atoms with Crippen LogP contribution < -0.4 is 0 Å². The highest BCUT2D eigenvalue weighted by Crippen LogP contribution is 2.43. The highest BCUT2D eigenvalue weighted by molar-refractivity contribution is 6.12. The summed E-state index contributed by atoms with van der Waals surface area (Å²) in [6, 6.07) is 89.5. The lowest BCUT2D eigenvalue weighted by atomic mass is 9.86. The van der Waals surface area contributed by atoms with Gasteiger partial charge in [0, 0.05) is 0 Å². The van der Waals surface area contributed by atoms with E-state index in [2.05, 4.69) is 243 Å². The molecule has 0 aliphatic carbocycles. The molecule has 0 heterocycles. The van der Waals surface area contributed by atoms with Crippen LogP contribution in [0.3, 0.4) is 0 Å². The molecule has 0 atom stereocenters. The van der Waals surface area contributed by atoms with Crippen LogP contribution in [0.2, 0.25) is 0 Å². The molecule has 0 N–H and O–H groups in total. The molecule has 0 unspecified atom stereocenters. The van der Waals surface area contributed by atoms with Crippen LogP contribution in [0.1, 0.15) is 0 Å². The van der Waals surface area contributed by atoms with Crippen molar-refractivity contribution in [3.05, 3.63) is 243 Å². The van der Waals surface area contributed by atoms with Gasteiger partial charge in [0.25, 0.3) is 0 Å². The predicted molar refractivity (Wildman–Crippen MR) is 267 cm³/mol. The zero-order valence-electron chi connectivity index (χ0n) is 34.1. The third kappa shape index (κ3) is 6.42. The van der Waals surface area contributed by atoms with Crippen LogP contribution in [0.4, 0.5) is 0 Å². The Hall–Kier alpha value is -8.06. The molecule has 0 spiro atoms. The first kappa shape index (κ1) is 35.8. The lowest BCUT2D eigenvalue weighted by Crippen LogP contribution is -1.91. The first-order valence-electron chi connectivity index (χ1n) is 21.5. The Morgan fingerprint density at radius 1 is 0.145 bits per heavy atom. The van der Waals surface area contributed by atoms with Gasteiger partial charge >= 0.3 is 0 Å². The molecule has 288 valence electrons. The van der Waals surface area contributed by atoms with Crippen LogP contribution in [0.15, 0.2) is 243 Å². The van der Waals surface area contributed by atoms with Crippen molar-refractivity contribution in [1.82, 2.24) is 0 Å². The maximum absolute atomic E-state index is 2.41. The number of fused-ring (bicyclic) bond motifs is 6. The molecule has 0 radical (unpaired) electrons. The topological polar surface area (TPSA) is 0 Å². The van der Waals surface area contributed by atoms with E-state index in [9.17, 15) is 0 Å². The van der Waals surface area contributed by atoms with Crippen molar-refractivity contribution in [3.8, 4) is 66.8 Å². The quantitative estimate of drug-likeness (QED) is 0.147. The smallest absolute Gasteiger partial charge is 0.00926 e. The molecule has 0 bridgehead atoms. The Bertz CT molecular complexity index is 3660. The fraction of sp³-hybridized carbons (Fsp3) is 0. The van der Waals surface area contributed by atoms with Crippen molar-refractivity contribution in [1.29, 1.82) is 0 Å². The maximum Gasteiger partial charge on any atom is -0.00926 e. The lowest BCUT2D eigenvalue weighted by molar-refractivity contribution is 1.60. The normalized spacial score (nSPS) is 11.5. The molecule has 0 aromatic heterocycles. The molecule has 0 saturated carbocycles. The lowest BCUT2D eigenvalue weighted by Gasteiger charge is -2.18. The second-order valence-electron chi connectivity index (χ2n) is 16.5. The van der Waals surface area contributed by atoms with Gasteiger partial charge in [-0.3, -0.25) is 0 Å². The van der Waals surface area contributed by atoms with E-state index in [4.69, 9.17) is 0 Å². The molecule has 0 fully saturated rings. The van der Waals surface area contributed by atoms with Crippen molar-refractivity contribution in [2.24, 2.45) is 0 Å². The molecule has 0 aliphatic rings. The molecular weight excluding hydrogens is 745 g/mol. The molecule has 62 heavy (non-hydrogen) atoms. The minimum atomic E-state index is 1.21. The van der Waals surface area contributed by atoms with E-state index in [0.717, 1.165) is 0 Å². The molecular formula is C62H40. The van der Waals surface area contributed by atoms with Crippen molar-refractivity contribution >= 4 is 53.9 Å². The van der Waals surface area contributed by atoms with Gasteiger partial charge in [0.15, 0.2) is 0 Å². The van der Waals surface area contributed by atoms with Crippen LogP contribution in [0, 0.1) is 0 Å². The van der Waals surface area contributed by atoms with Gasteiger partial charge in [-0.2, -0.15) is 0 Å². The second kappa shape index (κ2) is 14.9. The second-order valence-corrected chi connectivity index (χ2v) is 16.5. The third-order valence-electron chi connectivity index (χ3n) is 12.8. The number of rotatable bonds is 6. The summed E-state index contributed by atoms with van der Waals surface area (Å²) in [7, 11) is 0. The van der Waals surface area contributed by atoms with Crippen LogP contribution in [0.25, 0.3) is 121 Å². The molecule has 12 rings (SSSR count). The Kier molecular flexibility index (Phi) is 8.61. The standard InChI is InChI=1S/C62H40/c1-4-12-41(13-5-1)46-22-23-48-34-49(25-24-47(48)33-46)50-28-30-57-53(35-50)26-27-54-36-52(29-31-58(54)57)56-38-60(44-17-8-3-9-18-44)61-39-55(51-21-20-42-14-10-11-19-45(42)32-51)37-59(62(61)40-56)43-15-6-2-7-16-43/h1-40H.